The minimum Gasteiger partial charge on any atom is -0.284 e. The number of hydrogen-bond acceptors (Lipinski definition) is 3. The van der Waals surface area contributed by atoms with Gasteiger partial charge in [-0.05, 0) is 30.9 Å². The SMILES string of the molecule is CC1CCCN(Cc2ccccc2)[C@@H]1S(=O)(=O)O. The Morgan fingerprint density at radius 2 is 2.00 bits per heavy atom. The van der Waals surface area contributed by atoms with Crippen LogP contribution >= 0.6 is 0 Å². The fourth-order valence-electron chi connectivity index (χ4n) is 2.71. The molecule has 2 rings (SSSR count). The maximum atomic E-state index is 11.5. The second-order valence-corrected chi connectivity index (χ2v) is 6.49. The van der Waals surface area contributed by atoms with E-state index in [2.05, 4.69) is 0 Å². The molecule has 1 saturated heterocycles. The van der Waals surface area contributed by atoms with E-state index in [-0.39, 0.29) is 5.92 Å². The van der Waals surface area contributed by atoms with Crippen LogP contribution in [0.5, 0.6) is 0 Å². The zero-order valence-electron chi connectivity index (χ0n) is 10.5. The van der Waals surface area contributed by atoms with Crippen LogP contribution in [0.25, 0.3) is 0 Å². The number of hydrogen-bond donors (Lipinski definition) is 1. The van der Waals surface area contributed by atoms with Crippen molar-refractivity contribution in [3.8, 4) is 0 Å². The molecule has 1 heterocycles. The van der Waals surface area contributed by atoms with Gasteiger partial charge in [0.1, 0.15) is 5.37 Å². The lowest BCUT2D eigenvalue weighted by Crippen LogP contribution is -2.48. The van der Waals surface area contributed by atoms with Crippen LogP contribution in [-0.2, 0) is 16.7 Å². The Kier molecular flexibility index (Phi) is 4.04. The smallest absolute Gasteiger partial charge is 0.281 e. The third-order valence-electron chi connectivity index (χ3n) is 3.49. The quantitative estimate of drug-likeness (QED) is 0.854. The van der Waals surface area contributed by atoms with Gasteiger partial charge in [-0.15, -0.1) is 0 Å². The summed E-state index contributed by atoms with van der Waals surface area (Å²) < 4.78 is 32.4. The first-order valence-electron chi connectivity index (χ1n) is 6.23. The Morgan fingerprint density at radius 3 is 2.61 bits per heavy atom. The summed E-state index contributed by atoms with van der Waals surface area (Å²) in [6.45, 7) is 3.16. The zero-order chi connectivity index (χ0) is 13.2. The first-order chi connectivity index (χ1) is 8.48. The maximum Gasteiger partial charge on any atom is 0.281 e. The molecule has 0 aromatic heterocycles. The molecule has 1 unspecified atom stereocenters. The molecule has 4 nitrogen and oxygen atoms in total. The number of likely N-dealkylation sites (tertiary alicyclic amines) is 1. The van der Waals surface area contributed by atoms with Gasteiger partial charge < -0.3 is 0 Å². The van der Waals surface area contributed by atoms with Crippen LogP contribution in [0.1, 0.15) is 25.3 Å². The van der Waals surface area contributed by atoms with Crippen LogP contribution in [0.15, 0.2) is 30.3 Å². The number of rotatable bonds is 3. The van der Waals surface area contributed by atoms with E-state index in [1.807, 2.05) is 42.2 Å². The average Bonchev–Trinajstić information content (AvgIpc) is 2.28. The molecule has 2 atom stereocenters. The average molecular weight is 269 g/mol. The van der Waals surface area contributed by atoms with E-state index in [0.29, 0.717) is 13.1 Å². The van der Waals surface area contributed by atoms with Crippen molar-refractivity contribution in [1.29, 1.82) is 0 Å². The standard InChI is InChI=1S/C13H19NO3S/c1-11-6-5-9-14(13(11)18(15,16)17)10-12-7-3-2-4-8-12/h2-4,7-8,11,13H,5-6,9-10H2,1H3,(H,15,16,17)/t11?,13-/m1/s1. The Balaban J connectivity index is 2.19. The van der Waals surface area contributed by atoms with Gasteiger partial charge in [0.2, 0.25) is 0 Å². The molecule has 1 N–H and O–H groups in total. The predicted molar refractivity (Wildman–Crippen MR) is 70.6 cm³/mol. The van der Waals surface area contributed by atoms with Crippen molar-refractivity contribution in [3.63, 3.8) is 0 Å². The third kappa shape index (κ3) is 3.10. The highest BCUT2D eigenvalue weighted by Crippen LogP contribution is 2.28. The molecule has 0 saturated carbocycles. The lowest BCUT2D eigenvalue weighted by Gasteiger charge is -2.37. The zero-order valence-corrected chi connectivity index (χ0v) is 11.3. The topological polar surface area (TPSA) is 57.6 Å². The molecule has 1 fully saturated rings. The van der Waals surface area contributed by atoms with Gasteiger partial charge in [0, 0.05) is 6.54 Å². The molecule has 1 aromatic rings. The highest BCUT2D eigenvalue weighted by Gasteiger charge is 2.37. The number of benzene rings is 1. The van der Waals surface area contributed by atoms with Gasteiger partial charge in [-0.3, -0.25) is 9.45 Å². The fraction of sp³-hybridized carbons (Fsp3) is 0.538. The maximum absolute atomic E-state index is 11.5. The van der Waals surface area contributed by atoms with Gasteiger partial charge >= 0.3 is 0 Å². The minimum atomic E-state index is -4.02. The molecule has 0 radical (unpaired) electrons. The molecule has 0 aliphatic carbocycles. The summed E-state index contributed by atoms with van der Waals surface area (Å²) in [6, 6.07) is 9.75. The summed E-state index contributed by atoms with van der Waals surface area (Å²) >= 11 is 0. The van der Waals surface area contributed by atoms with Crippen molar-refractivity contribution >= 4 is 10.1 Å². The summed E-state index contributed by atoms with van der Waals surface area (Å²) in [6.07, 6.45) is 1.82. The molecule has 18 heavy (non-hydrogen) atoms. The summed E-state index contributed by atoms with van der Waals surface area (Å²) in [4.78, 5) is 1.86. The Morgan fingerprint density at radius 1 is 1.33 bits per heavy atom. The van der Waals surface area contributed by atoms with Gasteiger partial charge in [0.15, 0.2) is 0 Å². The van der Waals surface area contributed by atoms with Crippen LogP contribution in [0, 0.1) is 5.92 Å². The van der Waals surface area contributed by atoms with E-state index in [9.17, 15) is 13.0 Å². The van der Waals surface area contributed by atoms with Crippen LogP contribution in [0.2, 0.25) is 0 Å². The Hall–Kier alpha value is -0.910. The fourth-order valence-corrected chi connectivity index (χ4v) is 3.99. The van der Waals surface area contributed by atoms with Gasteiger partial charge in [-0.2, -0.15) is 8.42 Å². The summed E-state index contributed by atoms with van der Waals surface area (Å²) in [5.74, 6) is -0.0301. The molecular weight excluding hydrogens is 250 g/mol. The normalized spacial score (nSPS) is 26.1. The summed E-state index contributed by atoms with van der Waals surface area (Å²) in [5.41, 5.74) is 1.07. The molecule has 1 aromatic carbocycles. The van der Waals surface area contributed by atoms with Crippen molar-refractivity contribution in [3.05, 3.63) is 35.9 Å². The third-order valence-corrected chi connectivity index (χ3v) is 4.86. The lowest BCUT2D eigenvalue weighted by molar-refractivity contribution is 0.138. The van der Waals surface area contributed by atoms with Gasteiger partial charge in [0.25, 0.3) is 10.1 Å². The Bertz CT molecular complexity index is 486. The monoisotopic (exact) mass is 269 g/mol. The van der Waals surface area contributed by atoms with Gasteiger partial charge in [-0.1, -0.05) is 37.3 Å². The van der Waals surface area contributed by atoms with Gasteiger partial charge in [0.05, 0.1) is 0 Å². The first-order valence-corrected chi connectivity index (χ1v) is 7.73. The van der Waals surface area contributed by atoms with Crippen LogP contribution in [0.4, 0.5) is 0 Å². The predicted octanol–water partition coefficient (Wildman–Crippen LogP) is 2.13. The lowest BCUT2D eigenvalue weighted by atomic mass is 9.99. The molecule has 1 aliphatic heterocycles. The molecule has 0 bridgehead atoms. The van der Waals surface area contributed by atoms with Gasteiger partial charge in [-0.25, -0.2) is 0 Å². The second-order valence-electron chi connectivity index (χ2n) is 4.98. The highest BCUT2D eigenvalue weighted by atomic mass is 32.2. The number of nitrogens with zero attached hydrogens (tertiary/aromatic N) is 1. The van der Waals surface area contributed by atoms with Crippen LogP contribution in [0.3, 0.4) is 0 Å². The van der Waals surface area contributed by atoms with E-state index in [1.54, 1.807) is 0 Å². The first kappa shape index (κ1) is 13.5. The van der Waals surface area contributed by atoms with E-state index in [4.69, 9.17) is 0 Å². The van der Waals surface area contributed by atoms with Crippen molar-refractivity contribution < 1.29 is 13.0 Å². The molecule has 1 aliphatic rings. The van der Waals surface area contributed by atoms with E-state index in [0.717, 1.165) is 18.4 Å². The summed E-state index contributed by atoms with van der Waals surface area (Å²) in [7, 11) is -4.02. The molecule has 100 valence electrons. The molecule has 5 heteroatoms. The minimum absolute atomic E-state index is 0.0301. The highest BCUT2D eigenvalue weighted by molar-refractivity contribution is 7.86. The molecular formula is C13H19NO3S. The van der Waals surface area contributed by atoms with Crippen molar-refractivity contribution in [2.45, 2.75) is 31.7 Å². The van der Waals surface area contributed by atoms with Crippen LogP contribution in [-0.4, -0.2) is 29.8 Å². The van der Waals surface area contributed by atoms with E-state index < -0.39 is 15.5 Å². The molecule has 0 amide bonds. The number of piperidine rings is 1. The van der Waals surface area contributed by atoms with Crippen molar-refractivity contribution in [1.82, 2.24) is 4.90 Å². The van der Waals surface area contributed by atoms with E-state index in [1.165, 1.54) is 0 Å². The van der Waals surface area contributed by atoms with Crippen LogP contribution < -0.4 is 0 Å². The van der Waals surface area contributed by atoms with Crippen molar-refractivity contribution in [2.24, 2.45) is 5.92 Å². The molecule has 0 spiro atoms. The Labute approximate surface area is 108 Å². The van der Waals surface area contributed by atoms with E-state index >= 15 is 0 Å². The summed E-state index contributed by atoms with van der Waals surface area (Å²) in [5, 5.41) is -0.772. The van der Waals surface area contributed by atoms with Crippen molar-refractivity contribution in [2.75, 3.05) is 6.54 Å². The second kappa shape index (κ2) is 5.38. The largest absolute Gasteiger partial charge is 0.284 e.